The second kappa shape index (κ2) is 7.11. The highest BCUT2D eigenvalue weighted by Crippen LogP contribution is 2.24. The molecule has 0 aliphatic heterocycles. The first kappa shape index (κ1) is 14.6. The molecular weight excluding hydrogens is 246 g/mol. The fraction of sp³-hybridized carbons (Fsp3) is 0.333. The molecule has 0 aromatic heterocycles. The van der Waals surface area contributed by atoms with Crippen LogP contribution in [0.25, 0.3) is 11.1 Å². The van der Waals surface area contributed by atoms with Crippen LogP contribution in [0.15, 0.2) is 48.5 Å². The number of benzene rings is 2. The lowest BCUT2D eigenvalue weighted by molar-refractivity contribution is 0.415. The summed E-state index contributed by atoms with van der Waals surface area (Å²) in [7, 11) is 1.70. The van der Waals surface area contributed by atoms with E-state index in [0.29, 0.717) is 6.04 Å². The zero-order valence-corrected chi connectivity index (χ0v) is 12.5. The fourth-order valence-corrected chi connectivity index (χ4v) is 2.41. The maximum absolute atomic E-state index is 5.27. The number of rotatable bonds is 6. The summed E-state index contributed by atoms with van der Waals surface area (Å²) < 4.78 is 5.27. The summed E-state index contributed by atoms with van der Waals surface area (Å²) in [6.07, 6.45) is 1.06. The standard InChI is InChI=1S/C18H23NO/c1-4-19-14(2)12-15-8-10-16(11-9-15)17-6-5-7-18(13-17)20-3/h5-11,13-14,19H,4,12H2,1-3H3. The molecule has 2 rings (SSSR count). The third-order valence-electron chi connectivity index (χ3n) is 3.45. The van der Waals surface area contributed by atoms with Gasteiger partial charge in [0.2, 0.25) is 0 Å². The fourth-order valence-electron chi connectivity index (χ4n) is 2.41. The molecule has 1 atom stereocenters. The number of nitrogens with one attached hydrogen (secondary N) is 1. The van der Waals surface area contributed by atoms with Crippen LogP contribution in [0.5, 0.6) is 5.75 Å². The van der Waals surface area contributed by atoms with Gasteiger partial charge in [-0.3, -0.25) is 0 Å². The van der Waals surface area contributed by atoms with E-state index in [1.165, 1.54) is 16.7 Å². The number of hydrogen-bond acceptors (Lipinski definition) is 2. The van der Waals surface area contributed by atoms with Crippen molar-refractivity contribution in [3.05, 3.63) is 54.1 Å². The van der Waals surface area contributed by atoms with Crippen molar-refractivity contribution in [3.63, 3.8) is 0 Å². The Balaban J connectivity index is 2.11. The Labute approximate surface area is 121 Å². The molecule has 2 aromatic carbocycles. The molecule has 106 valence electrons. The van der Waals surface area contributed by atoms with Gasteiger partial charge in [0, 0.05) is 6.04 Å². The van der Waals surface area contributed by atoms with Gasteiger partial charge in [-0.25, -0.2) is 0 Å². The monoisotopic (exact) mass is 269 g/mol. The summed E-state index contributed by atoms with van der Waals surface area (Å²) in [4.78, 5) is 0. The van der Waals surface area contributed by atoms with E-state index >= 15 is 0 Å². The van der Waals surface area contributed by atoms with Crippen LogP contribution in [-0.4, -0.2) is 19.7 Å². The van der Waals surface area contributed by atoms with Crippen molar-refractivity contribution in [1.82, 2.24) is 5.32 Å². The zero-order valence-electron chi connectivity index (χ0n) is 12.5. The first-order valence-electron chi connectivity index (χ1n) is 7.19. The van der Waals surface area contributed by atoms with Crippen molar-refractivity contribution < 1.29 is 4.74 Å². The van der Waals surface area contributed by atoms with Crippen LogP contribution < -0.4 is 10.1 Å². The minimum atomic E-state index is 0.516. The van der Waals surface area contributed by atoms with Crippen LogP contribution in [0.3, 0.4) is 0 Å². The van der Waals surface area contributed by atoms with Crippen molar-refractivity contribution >= 4 is 0 Å². The van der Waals surface area contributed by atoms with E-state index in [0.717, 1.165) is 18.7 Å². The normalized spacial score (nSPS) is 12.2. The van der Waals surface area contributed by atoms with E-state index in [1.54, 1.807) is 7.11 Å². The molecule has 2 aromatic rings. The second-order valence-electron chi connectivity index (χ2n) is 5.09. The molecular formula is C18H23NO. The quantitative estimate of drug-likeness (QED) is 0.858. The topological polar surface area (TPSA) is 21.3 Å². The van der Waals surface area contributed by atoms with Gasteiger partial charge in [0.05, 0.1) is 7.11 Å². The highest BCUT2D eigenvalue weighted by atomic mass is 16.5. The molecule has 0 aliphatic carbocycles. The minimum Gasteiger partial charge on any atom is -0.497 e. The molecule has 1 N–H and O–H groups in total. The maximum atomic E-state index is 5.27. The van der Waals surface area contributed by atoms with Crippen LogP contribution in [0.4, 0.5) is 0 Å². The van der Waals surface area contributed by atoms with Gasteiger partial charge in [0.1, 0.15) is 5.75 Å². The number of hydrogen-bond donors (Lipinski definition) is 1. The molecule has 2 nitrogen and oxygen atoms in total. The van der Waals surface area contributed by atoms with E-state index < -0.39 is 0 Å². The van der Waals surface area contributed by atoms with Crippen LogP contribution in [-0.2, 0) is 6.42 Å². The van der Waals surface area contributed by atoms with Crippen LogP contribution >= 0.6 is 0 Å². The zero-order chi connectivity index (χ0) is 14.4. The highest BCUT2D eigenvalue weighted by molar-refractivity contribution is 5.65. The van der Waals surface area contributed by atoms with Crippen molar-refractivity contribution in [2.75, 3.05) is 13.7 Å². The van der Waals surface area contributed by atoms with E-state index in [-0.39, 0.29) is 0 Å². The Kier molecular flexibility index (Phi) is 5.19. The Hall–Kier alpha value is -1.80. The minimum absolute atomic E-state index is 0.516. The Bertz CT molecular complexity index is 533. The number of ether oxygens (including phenoxy) is 1. The molecule has 0 saturated heterocycles. The molecule has 0 heterocycles. The van der Waals surface area contributed by atoms with Crippen LogP contribution in [0.1, 0.15) is 19.4 Å². The van der Waals surface area contributed by atoms with E-state index in [4.69, 9.17) is 4.74 Å². The summed E-state index contributed by atoms with van der Waals surface area (Å²) in [6, 6.07) is 17.5. The van der Waals surface area contributed by atoms with E-state index in [2.05, 4.69) is 55.6 Å². The average Bonchev–Trinajstić information content (AvgIpc) is 2.48. The van der Waals surface area contributed by atoms with Crippen molar-refractivity contribution in [3.8, 4) is 16.9 Å². The lowest BCUT2D eigenvalue weighted by Crippen LogP contribution is -2.27. The molecule has 0 aliphatic rings. The van der Waals surface area contributed by atoms with Gasteiger partial charge >= 0.3 is 0 Å². The van der Waals surface area contributed by atoms with Crippen LogP contribution in [0.2, 0.25) is 0 Å². The summed E-state index contributed by atoms with van der Waals surface area (Å²) in [5.74, 6) is 0.896. The summed E-state index contributed by atoms with van der Waals surface area (Å²) in [5, 5.41) is 3.44. The predicted octanol–water partition coefficient (Wildman–Crippen LogP) is 3.90. The van der Waals surface area contributed by atoms with E-state index in [9.17, 15) is 0 Å². The van der Waals surface area contributed by atoms with Gasteiger partial charge < -0.3 is 10.1 Å². The van der Waals surface area contributed by atoms with Crippen molar-refractivity contribution in [2.24, 2.45) is 0 Å². The highest BCUT2D eigenvalue weighted by Gasteiger charge is 2.03. The van der Waals surface area contributed by atoms with Crippen LogP contribution in [0, 0.1) is 0 Å². The molecule has 0 radical (unpaired) electrons. The third-order valence-corrected chi connectivity index (χ3v) is 3.45. The smallest absolute Gasteiger partial charge is 0.119 e. The summed E-state index contributed by atoms with van der Waals surface area (Å²) in [6.45, 7) is 5.38. The van der Waals surface area contributed by atoms with Gasteiger partial charge in [-0.15, -0.1) is 0 Å². The maximum Gasteiger partial charge on any atom is 0.119 e. The average molecular weight is 269 g/mol. The lowest BCUT2D eigenvalue weighted by atomic mass is 10.0. The van der Waals surface area contributed by atoms with Gasteiger partial charge in [-0.1, -0.05) is 43.3 Å². The molecule has 20 heavy (non-hydrogen) atoms. The van der Waals surface area contributed by atoms with Crippen molar-refractivity contribution in [1.29, 1.82) is 0 Å². The summed E-state index contributed by atoms with van der Waals surface area (Å²) >= 11 is 0. The molecule has 1 unspecified atom stereocenters. The number of likely N-dealkylation sites (N-methyl/N-ethyl adjacent to an activating group) is 1. The van der Waals surface area contributed by atoms with Gasteiger partial charge in [-0.2, -0.15) is 0 Å². The largest absolute Gasteiger partial charge is 0.497 e. The van der Waals surface area contributed by atoms with Gasteiger partial charge in [0.25, 0.3) is 0 Å². The Morgan fingerprint density at radius 3 is 2.45 bits per heavy atom. The second-order valence-corrected chi connectivity index (χ2v) is 5.09. The molecule has 2 heteroatoms. The third kappa shape index (κ3) is 3.84. The SMILES string of the molecule is CCNC(C)Cc1ccc(-c2cccc(OC)c2)cc1. The Morgan fingerprint density at radius 2 is 1.80 bits per heavy atom. The molecule has 0 spiro atoms. The van der Waals surface area contributed by atoms with E-state index in [1.807, 2.05) is 12.1 Å². The van der Waals surface area contributed by atoms with Gasteiger partial charge in [0.15, 0.2) is 0 Å². The molecule has 0 bridgehead atoms. The Morgan fingerprint density at radius 1 is 1.05 bits per heavy atom. The molecule has 0 fully saturated rings. The predicted molar refractivity (Wildman–Crippen MR) is 85.3 cm³/mol. The van der Waals surface area contributed by atoms with Crippen molar-refractivity contribution in [2.45, 2.75) is 26.3 Å². The number of methoxy groups -OCH3 is 1. The molecule has 0 saturated carbocycles. The summed E-state index contributed by atoms with van der Waals surface area (Å²) in [5.41, 5.74) is 3.78. The molecule has 0 amide bonds. The first-order valence-corrected chi connectivity index (χ1v) is 7.19. The lowest BCUT2D eigenvalue weighted by Gasteiger charge is -2.12. The first-order chi connectivity index (χ1) is 9.72. The van der Waals surface area contributed by atoms with Gasteiger partial charge in [-0.05, 0) is 48.7 Å².